The summed E-state index contributed by atoms with van der Waals surface area (Å²) in [6.07, 6.45) is 8.69. The van der Waals surface area contributed by atoms with E-state index in [1.54, 1.807) is 0 Å². The maximum Gasteiger partial charge on any atom is 0.0998 e. The Balaban J connectivity index is 1.62. The SMILES string of the molecule is CCCCCCn1c2ccc(/C=C(\C#N)c3ccc(Br)cc3)cc2c2cc(/C=C(\C#N)c3ccc(Br)cc3)ccc21. The zero-order chi connectivity index (χ0) is 28.8. The molecule has 0 unspecified atom stereocenters. The van der Waals surface area contributed by atoms with Crippen molar-refractivity contribution in [3.63, 3.8) is 0 Å². The van der Waals surface area contributed by atoms with Gasteiger partial charge < -0.3 is 4.57 Å². The minimum Gasteiger partial charge on any atom is -0.340 e. The average Bonchev–Trinajstić information content (AvgIpc) is 3.30. The molecule has 0 aliphatic carbocycles. The molecular weight excluding hydrogens is 634 g/mol. The molecule has 0 spiro atoms. The van der Waals surface area contributed by atoms with Crippen LogP contribution in [0, 0.1) is 22.7 Å². The van der Waals surface area contributed by atoms with Crippen molar-refractivity contribution in [2.24, 2.45) is 0 Å². The van der Waals surface area contributed by atoms with Crippen molar-refractivity contribution in [3.8, 4) is 12.1 Å². The first-order valence-corrected chi connectivity index (χ1v) is 15.4. The van der Waals surface area contributed by atoms with Crippen LogP contribution in [0.3, 0.4) is 0 Å². The normalized spacial score (nSPS) is 12.0. The molecule has 0 saturated carbocycles. The highest BCUT2D eigenvalue weighted by atomic mass is 79.9. The fourth-order valence-corrected chi connectivity index (χ4v) is 5.74. The molecule has 4 aromatic carbocycles. The summed E-state index contributed by atoms with van der Waals surface area (Å²) in [5, 5.41) is 22.1. The van der Waals surface area contributed by atoms with Crippen molar-refractivity contribution in [2.75, 3.05) is 0 Å². The van der Waals surface area contributed by atoms with Crippen LogP contribution in [0.2, 0.25) is 0 Å². The van der Waals surface area contributed by atoms with Crippen molar-refractivity contribution < 1.29 is 0 Å². The van der Waals surface area contributed by atoms with Crippen molar-refractivity contribution in [1.29, 1.82) is 10.5 Å². The van der Waals surface area contributed by atoms with E-state index in [4.69, 9.17) is 0 Å². The van der Waals surface area contributed by atoms with Crippen LogP contribution in [0.15, 0.2) is 93.9 Å². The molecule has 5 rings (SSSR count). The van der Waals surface area contributed by atoms with E-state index in [1.165, 1.54) is 30.3 Å². The van der Waals surface area contributed by atoms with E-state index in [0.717, 1.165) is 54.9 Å². The first kappa shape index (κ1) is 28.6. The molecule has 0 saturated heterocycles. The molecule has 1 aromatic heterocycles. The Bertz CT molecular complexity index is 1710. The minimum atomic E-state index is 0.622. The highest BCUT2D eigenvalue weighted by Crippen LogP contribution is 2.33. The number of benzene rings is 4. The molecule has 1 heterocycles. The van der Waals surface area contributed by atoms with Crippen LogP contribution < -0.4 is 0 Å². The smallest absolute Gasteiger partial charge is 0.0998 e. The van der Waals surface area contributed by atoms with Crippen LogP contribution in [0.4, 0.5) is 0 Å². The van der Waals surface area contributed by atoms with E-state index in [2.05, 4.69) is 91.9 Å². The van der Waals surface area contributed by atoms with Gasteiger partial charge >= 0.3 is 0 Å². The van der Waals surface area contributed by atoms with Gasteiger partial charge in [-0.2, -0.15) is 10.5 Å². The van der Waals surface area contributed by atoms with Gasteiger partial charge in [-0.05, 0) is 89.4 Å². The van der Waals surface area contributed by atoms with E-state index in [1.807, 2.05) is 60.7 Å². The summed E-state index contributed by atoms with van der Waals surface area (Å²) in [6, 6.07) is 33.3. The third-order valence-electron chi connectivity index (χ3n) is 7.32. The van der Waals surface area contributed by atoms with Crippen LogP contribution in [-0.4, -0.2) is 4.57 Å². The quantitative estimate of drug-likeness (QED) is 0.0895. The monoisotopic (exact) mass is 661 g/mol. The lowest BCUT2D eigenvalue weighted by atomic mass is 10.0. The molecule has 41 heavy (non-hydrogen) atoms. The number of allylic oxidation sites excluding steroid dienone is 2. The fourth-order valence-electron chi connectivity index (χ4n) is 5.21. The maximum atomic E-state index is 9.92. The molecule has 5 heteroatoms. The summed E-state index contributed by atoms with van der Waals surface area (Å²) in [5.41, 5.74) is 7.35. The topological polar surface area (TPSA) is 52.5 Å². The third-order valence-corrected chi connectivity index (χ3v) is 8.38. The summed E-state index contributed by atoms with van der Waals surface area (Å²) in [4.78, 5) is 0. The van der Waals surface area contributed by atoms with Gasteiger partial charge in [-0.1, -0.05) is 94.4 Å². The molecule has 202 valence electrons. The predicted octanol–water partition coefficient (Wildman–Crippen LogP) is 11.0. The van der Waals surface area contributed by atoms with Crippen LogP contribution in [-0.2, 0) is 6.54 Å². The second-order valence-corrected chi connectivity index (χ2v) is 12.0. The molecule has 0 aliphatic rings. The van der Waals surface area contributed by atoms with Gasteiger partial charge in [-0.3, -0.25) is 0 Å². The molecule has 0 radical (unpaired) electrons. The Morgan fingerprint density at radius 2 is 1.12 bits per heavy atom. The van der Waals surface area contributed by atoms with Crippen LogP contribution >= 0.6 is 31.9 Å². The van der Waals surface area contributed by atoms with Gasteiger partial charge in [0.15, 0.2) is 0 Å². The van der Waals surface area contributed by atoms with E-state index >= 15 is 0 Å². The Kier molecular flexibility index (Phi) is 9.20. The van der Waals surface area contributed by atoms with Gasteiger partial charge in [0.25, 0.3) is 0 Å². The van der Waals surface area contributed by atoms with Crippen LogP contribution in [0.25, 0.3) is 45.1 Å². The molecule has 0 amide bonds. The zero-order valence-corrected chi connectivity index (χ0v) is 26.0. The van der Waals surface area contributed by atoms with Crippen molar-refractivity contribution >= 4 is 77.0 Å². The van der Waals surface area contributed by atoms with Gasteiger partial charge in [0.1, 0.15) is 0 Å². The molecule has 3 nitrogen and oxygen atoms in total. The number of nitrogens with zero attached hydrogens (tertiary/aromatic N) is 3. The van der Waals surface area contributed by atoms with Gasteiger partial charge in [-0.25, -0.2) is 0 Å². The maximum absolute atomic E-state index is 9.92. The first-order valence-electron chi connectivity index (χ1n) is 13.8. The minimum absolute atomic E-state index is 0.622. The number of nitriles is 2. The number of unbranched alkanes of at least 4 members (excludes halogenated alkanes) is 3. The summed E-state index contributed by atoms with van der Waals surface area (Å²) >= 11 is 6.95. The fraction of sp³-hybridized carbons (Fsp3) is 0.167. The molecule has 0 aliphatic heterocycles. The van der Waals surface area contributed by atoms with Gasteiger partial charge in [0.2, 0.25) is 0 Å². The number of fused-ring (bicyclic) bond motifs is 3. The van der Waals surface area contributed by atoms with Gasteiger partial charge in [0, 0.05) is 37.3 Å². The lowest BCUT2D eigenvalue weighted by Crippen LogP contribution is -1.97. The second-order valence-electron chi connectivity index (χ2n) is 10.1. The molecule has 0 atom stereocenters. The van der Waals surface area contributed by atoms with Crippen molar-refractivity contribution in [3.05, 3.63) is 116 Å². The van der Waals surface area contributed by atoms with E-state index in [0.29, 0.717) is 11.1 Å². The second kappa shape index (κ2) is 13.2. The number of rotatable bonds is 9. The Hall–Kier alpha value is -3.90. The number of hydrogen-bond acceptors (Lipinski definition) is 2. The predicted molar refractivity (Wildman–Crippen MR) is 179 cm³/mol. The zero-order valence-electron chi connectivity index (χ0n) is 22.9. The summed E-state index contributed by atoms with van der Waals surface area (Å²) in [6.45, 7) is 3.19. The summed E-state index contributed by atoms with van der Waals surface area (Å²) < 4.78 is 4.38. The van der Waals surface area contributed by atoms with Crippen LogP contribution in [0.5, 0.6) is 0 Å². The largest absolute Gasteiger partial charge is 0.340 e. The highest BCUT2D eigenvalue weighted by Gasteiger charge is 2.13. The lowest BCUT2D eigenvalue weighted by molar-refractivity contribution is 0.602. The first-order chi connectivity index (χ1) is 20.0. The van der Waals surface area contributed by atoms with E-state index in [-0.39, 0.29) is 0 Å². The number of hydrogen-bond donors (Lipinski definition) is 0. The Morgan fingerprint density at radius 1 is 0.659 bits per heavy atom. The van der Waals surface area contributed by atoms with Gasteiger partial charge in [0.05, 0.1) is 23.3 Å². The van der Waals surface area contributed by atoms with Gasteiger partial charge in [-0.15, -0.1) is 0 Å². The van der Waals surface area contributed by atoms with E-state index in [9.17, 15) is 10.5 Å². The lowest BCUT2D eigenvalue weighted by Gasteiger charge is -2.08. The van der Waals surface area contributed by atoms with Crippen molar-refractivity contribution in [1.82, 2.24) is 4.57 Å². The highest BCUT2D eigenvalue weighted by molar-refractivity contribution is 9.10. The third kappa shape index (κ3) is 6.54. The van der Waals surface area contributed by atoms with Crippen LogP contribution in [0.1, 0.15) is 54.9 Å². The van der Waals surface area contributed by atoms with Crippen molar-refractivity contribution in [2.45, 2.75) is 39.2 Å². The Labute approximate surface area is 258 Å². The number of aryl methyl sites for hydroxylation is 1. The van der Waals surface area contributed by atoms with E-state index < -0.39 is 0 Å². The molecule has 0 bridgehead atoms. The molecule has 0 fully saturated rings. The average molecular weight is 663 g/mol. The number of halogens is 2. The standard InChI is InChI=1S/C36H29Br2N3/c1-2-3-4-5-18-41-35-16-6-25(19-29(23-39)27-8-12-31(37)13-9-27)21-33(35)34-22-26(7-17-36(34)41)20-30(24-40)28-10-14-32(38)15-11-28/h6-17,19-22H,2-5,18H2,1H3/b29-19+,30-20+. The summed E-state index contributed by atoms with van der Waals surface area (Å²) in [5.74, 6) is 0. The number of aromatic nitrogens is 1. The molecule has 0 N–H and O–H groups in total. The Morgan fingerprint density at radius 3 is 1.54 bits per heavy atom. The molecular formula is C36H29Br2N3. The summed E-state index contributed by atoms with van der Waals surface area (Å²) in [7, 11) is 0. The molecule has 5 aromatic rings.